The number of carbonyl (C=O) groups excluding carboxylic acids is 2. The molecule has 1 fully saturated rings. The van der Waals surface area contributed by atoms with E-state index in [2.05, 4.69) is 10.4 Å². The highest BCUT2D eigenvalue weighted by molar-refractivity contribution is 5.79. The molecule has 130 valence electrons. The lowest BCUT2D eigenvalue weighted by atomic mass is 9.86. The van der Waals surface area contributed by atoms with Gasteiger partial charge in [-0.25, -0.2) is 4.68 Å². The number of nitrogens with one attached hydrogen (secondary N) is 1. The van der Waals surface area contributed by atoms with E-state index in [-0.39, 0.29) is 23.3 Å². The van der Waals surface area contributed by atoms with Crippen molar-refractivity contribution in [1.29, 1.82) is 0 Å². The molecule has 1 atom stereocenters. The standard InChI is InChI=1S/C17H24N4O3/c1-20-16(23)11-13-10-12(5-6-14(13)19-20)17(24)18-7-3-9-21-8-2-4-15(21)22/h11-12H,2-10H2,1H3,(H,18,24). The van der Waals surface area contributed by atoms with Crippen LogP contribution in [0, 0.1) is 5.92 Å². The zero-order valence-electron chi connectivity index (χ0n) is 14.1. The van der Waals surface area contributed by atoms with Crippen molar-refractivity contribution in [1.82, 2.24) is 20.0 Å². The van der Waals surface area contributed by atoms with E-state index < -0.39 is 0 Å². The Bertz CT molecular complexity index is 698. The lowest BCUT2D eigenvalue weighted by molar-refractivity contribution is -0.127. The van der Waals surface area contributed by atoms with Crippen molar-refractivity contribution in [3.8, 4) is 0 Å². The highest BCUT2D eigenvalue weighted by Crippen LogP contribution is 2.23. The topological polar surface area (TPSA) is 84.3 Å². The van der Waals surface area contributed by atoms with Crippen molar-refractivity contribution in [3.63, 3.8) is 0 Å². The van der Waals surface area contributed by atoms with E-state index in [9.17, 15) is 14.4 Å². The molecule has 0 aromatic carbocycles. The first-order chi connectivity index (χ1) is 11.5. The lowest BCUT2D eigenvalue weighted by Gasteiger charge is -2.23. The summed E-state index contributed by atoms with van der Waals surface area (Å²) in [6.45, 7) is 2.14. The number of aromatic nitrogens is 2. The molecule has 0 radical (unpaired) electrons. The van der Waals surface area contributed by atoms with Crippen LogP contribution in [-0.4, -0.2) is 46.1 Å². The van der Waals surface area contributed by atoms with Gasteiger partial charge in [-0.15, -0.1) is 0 Å². The zero-order chi connectivity index (χ0) is 17.1. The molecule has 7 nitrogen and oxygen atoms in total. The molecule has 1 saturated heterocycles. The number of amides is 2. The van der Waals surface area contributed by atoms with Crippen LogP contribution in [-0.2, 0) is 29.5 Å². The molecule has 2 amide bonds. The van der Waals surface area contributed by atoms with E-state index in [1.54, 1.807) is 13.1 Å². The van der Waals surface area contributed by atoms with E-state index in [4.69, 9.17) is 0 Å². The quantitative estimate of drug-likeness (QED) is 0.770. The van der Waals surface area contributed by atoms with Gasteiger partial charge in [0.2, 0.25) is 11.8 Å². The van der Waals surface area contributed by atoms with Gasteiger partial charge in [0.25, 0.3) is 5.56 Å². The van der Waals surface area contributed by atoms with Gasteiger partial charge in [0.1, 0.15) is 0 Å². The van der Waals surface area contributed by atoms with Crippen molar-refractivity contribution < 1.29 is 9.59 Å². The molecular weight excluding hydrogens is 308 g/mol. The first kappa shape index (κ1) is 16.7. The predicted molar refractivity (Wildman–Crippen MR) is 88.4 cm³/mol. The Morgan fingerprint density at radius 3 is 2.96 bits per heavy atom. The maximum absolute atomic E-state index is 12.3. The maximum Gasteiger partial charge on any atom is 0.266 e. The van der Waals surface area contributed by atoms with E-state index in [1.807, 2.05) is 4.90 Å². The van der Waals surface area contributed by atoms with E-state index >= 15 is 0 Å². The average Bonchev–Trinajstić information content (AvgIpc) is 2.97. The molecule has 1 N–H and O–H groups in total. The van der Waals surface area contributed by atoms with Gasteiger partial charge in [0, 0.05) is 45.1 Å². The summed E-state index contributed by atoms with van der Waals surface area (Å²) in [6.07, 6.45) is 4.44. The SMILES string of the molecule is Cn1nc2c(cc1=O)CC(C(=O)NCCCN1CCCC1=O)CC2. The number of aryl methyl sites for hydroxylation is 2. The largest absolute Gasteiger partial charge is 0.356 e. The zero-order valence-corrected chi connectivity index (χ0v) is 14.1. The number of nitrogens with zero attached hydrogens (tertiary/aromatic N) is 3. The number of carbonyl (C=O) groups is 2. The fourth-order valence-electron chi connectivity index (χ4n) is 3.48. The Morgan fingerprint density at radius 1 is 1.38 bits per heavy atom. The molecule has 1 aromatic rings. The summed E-state index contributed by atoms with van der Waals surface area (Å²) in [7, 11) is 1.65. The first-order valence-electron chi connectivity index (χ1n) is 8.66. The molecule has 0 spiro atoms. The van der Waals surface area contributed by atoms with Gasteiger partial charge in [-0.3, -0.25) is 14.4 Å². The van der Waals surface area contributed by atoms with Crippen LogP contribution in [0.2, 0.25) is 0 Å². The molecule has 7 heteroatoms. The van der Waals surface area contributed by atoms with E-state index in [1.165, 1.54) is 4.68 Å². The molecule has 1 aromatic heterocycles. The smallest absolute Gasteiger partial charge is 0.266 e. The van der Waals surface area contributed by atoms with Crippen LogP contribution in [0.4, 0.5) is 0 Å². The second-order valence-electron chi connectivity index (χ2n) is 6.65. The molecule has 2 heterocycles. The third-order valence-corrected chi connectivity index (χ3v) is 4.90. The van der Waals surface area contributed by atoms with E-state index in [0.717, 1.165) is 43.5 Å². The van der Waals surface area contributed by atoms with Crippen molar-refractivity contribution >= 4 is 11.8 Å². The minimum Gasteiger partial charge on any atom is -0.356 e. The van der Waals surface area contributed by atoms with Crippen LogP contribution in [0.1, 0.15) is 36.9 Å². The van der Waals surface area contributed by atoms with E-state index in [0.29, 0.717) is 25.9 Å². The summed E-state index contributed by atoms with van der Waals surface area (Å²) in [4.78, 5) is 37.4. The molecule has 1 aliphatic carbocycles. The van der Waals surface area contributed by atoms with Crippen LogP contribution < -0.4 is 10.9 Å². The number of rotatable bonds is 5. The minimum absolute atomic E-state index is 0.0362. The average molecular weight is 332 g/mol. The molecule has 0 bridgehead atoms. The predicted octanol–water partition coefficient (Wildman–Crippen LogP) is 0.0139. The fraction of sp³-hybridized carbons (Fsp3) is 0.647. The highest BCUT2D eigenvalue weighted by atomic mass is 16.2. The van der Waals surface area contributed by atoms with Gasteiger partial charge in [-0.05, 0) is 37.7 Å². The number of hydrogen-bond acceptors (Lipinski definition) is 4. The monoisotopic (exact) mass is 332 g/mol. The Kier molecular flexibility index (Phi) is 4.97. The molecule has 24 heavy (non-hydrogen) atoms. The molecule has 1 unspecified atom stereocenters. The van der Waals surface area contributed by atoms with Gasteiger partial charge in [0.05, 0.1) is 5.69 Å². The third-order valence-electron chi connectivity index (χ3n) is 4.90. The Labute approximate surface area is 141 Å². The van der Waals surface area contributed by atoms with Gasteiger partial charge in [-0.1, -0.05) is 0 Å². The molecule has 1 aliphatic heterocycles. The minimum atomic E-state index is -0.134. The van der Waals surface area contributed by atoms with Crippen LogP contribution in [0.3, 0.4) is 0 Å². The second-order valence-corrected chi connectivity index (χ2v) is 6.65. The van der Waals surface area contributed by atoms with Gasteiger partial charge in [0.15, 0.2) is 0 Å². The van der Waals surface area contributed by atoms with Gasteiger partial charge < -0.3 is 10.2 Å². The summed E-state index contributed by atoms with van der Waals surface area (Å²) in [5.41, 5.74) is 1.69. The summed E-state index contributed by atoms with van der Waals surface area (Å²) < 4.78 is 1.35. The number of likely N-dealkylation sites (tertiary alicyclic amines) is 1. The number of fused-ring (bicyclic) bond motifs is 1. The Balaban J connectivity index is 1.46. The summed E-state index contributed by atoms with van der Waals surface area (Å²) in [5.74, 6) is 0.160. The van der Waals surface area contributed by atoms with Crippen molar-refractivity contribution in [3.05, 3.63) is 27.7 Å². The van der Waals surface area contributed by atoms with Crippen molar-refractivity contribution in [2.75, 3.05) is 19.6 Å². The Hall–Kier alpha value is -2.18. The highest BCUT2D eigenvalue weighted by Gasteiger charge is 2.26. The fourth-order valence-corrected chi connectivity index (χ4v) is 3.48. The summed E-state index contributed by atoms with van der Waals surface area (Å²) in [6, 6.07) is 1.60. The van der Waals surface area contributed by atoms with Crippen LogP contribution in [0.15, 0.2) is 10.9 Å². The van der Waals surface area contributed by atoms with Crippen LogP contribution >= 0.6 is 0 Å². The van der Waals surface area contributed by atoms with Crippen LogP contribution in [0.5, 0.6) is 0 Å². The lowest BCUT2D eigenvalue weighted by Crippen LogP contribution is -2.37. The molecule has 0 saturated carbocycles. The first-order valence-corrected chi connectivity index (χ1v) is 8.66. The molecular formula is C17H24N4O3. The second kappa shape index (κ2) is 7.15. The molecule has 2 aliphatic rings. The summed E-state index contributed by atoms with van der Waals surface area (Å²) in [5, 5.41) is 7.24. The Morgan fingerprint density at radius 2 is 2.21 bits per heavy atom. The van der Waals surface area contributed by atoms with Gasteiger partial charge >= 0.3 is 0 Å². The van der Waals surface area contributed by atoms with Crippen LogP contribution in [0.25, 0.3) is 0 Å². The van der Waals surface area contributed by atoms with Crippen molar-refractivity contribution in [2.45, 2.75) is 38.5 Å². The summed E-state index contributed by atoms with van der Waals surface area (Å²) >= 11 is 0. The molecule has 3 rings (SSSR count). The maximum atomic E-state index is 12.3. The normalized spacial score (nSPS) is 20.1. The van der Waals surface area contributed by atoms with Gasteiger partial charge in [-0.2, -0.15) is 5.10 Å². The van der Waals surface area contributed by atoms with Crippen molar-refractivity contribution in [2.24, 2.45) is 13.0 Å². The third kappa shape index (κ3) is 3.66. The number of hydrogen-bond donors (Lipinski definition) is 1.